The van der Waals surface area contributed by atoms with Crippen molar-refractivity contribution < 1.29 is 14.0 Å². The van der Waals surface area contributed by atoms with Gasteiger partial charge in [0.15, 0.2) is 0 Å². The molecular weight excluding hydrogens is 213 g/mol. The van der Waals surface area contributed by atoms with Gasteiger partial charge in [0.1, 0.15) is 5.69 Å². The van der Waals surface area contributed by atoms with Crippen LogP contribution in [0.4, 0.5) is 4.39 Å². The number of pyridine rings is 1. The molecule has 0 saturated heterocycles. The Morgan fingerprint density at radius 1 is 1.44 bits per heavy atom. The van der Waals surface area contributed by atoms with E-state index in [4.69, 9.17) is 0 Å². The Labute approximate surface area is 92.3 Å². The van der Waals surface area contributed by atoms with E-state index in [0.29, 0.717) is 0 Å². The molecular formula is C10H12FN3O2. The van der Waals surface area contributed by atoms with Crippen LogP contribution in [-0.2, 0) is 4.79 Å². The normalized spacial score (nSPS) is 9.69. The van der Waals surface area contributed by atoms with Crippen LogP contribution in [0.5, 0.6) is 0 Å². The monoisotopic (exact) mass is 225 g/mol. The summed E-state index contributed by atoms with van der Waals surface area (Å²) in [5.41, 5.74) is -0.0495. The van der Waals surface area contributed by atoms with Crippen LogP contribution in [0, 0.1) is 5.95 Å². The SMILES string of the molecule is CN(C)C(=O)CNC(=O)c1cccc(F)n1. The summed E-state index contributed by atoms with van der Waals surface area (Å²) in [5.74, 6) is -1.55. The molecule has 16 heavy (non-hydrogen) atoms. The zero-order valence-electron chi connectivity index (χ0n) is 9.03. The average molecular weight is 225 g/mol. The highest BCUT2D eigenvalue weighted by molar-refractivity contribution is 5.94. The third-order valence-corrected chi connectivity index (χ3v) is 1.85. The summed E-state index contributed by atoms with van der Waals surface area (Å²) < 4.78 is 12.7. The highest BCUT2D eigenvalue weighted by Crippen LogP contribution is 1.97. The molecule has 1 rings (SSSR count). The largest absolute Gasteiger partial charge is 0.347 e. The molecule has 0 fully saturated rings. The summed E-state index contributed by atoms with van der Waals surface area (Å²) in [6.45, 7) is -0.135. The zero-order valence-corrected chi connectivity index (χ0v) is 9.03. The molecule has 0 aromatic carbocycles. The second kappa shape index (κ2) is 5.20. The summed E-state index contributed by atoms with van der Waals surface area (Å²) in [4.78, 5) is 27.3. The number of halogens is 1. The van der Waals surface area contributed by atoms with E-state index < -0.39 is 11.9 Å². The number of likely N-dealkylation sites (N-methyl/N-ethyl adjacent to an activating group) is 1. The summed E-state index contributed by atoms with van der Waals surface area (Å²) in [5, 5.41) is 2.35. The number of carbonyl (C=O) groups excluding carboxylic acids is 2. The Hall–Kier alpha value is -1.98. The Kier molecular flexibility index (Phi) is 3.93. The molecule has 0 saturated carbocycles. The van der Waals surface area contributed by atoms with E-state index in [0.717, 1.165) is 6.07 Å². The Morgan fingerprint density at radius 2 is 2.12 bits per heavy atom. The molecule has 1 heterocycles. The van der Waals surface area contributed by atoms with Crippen LogP contribution >= 0.6 is 0 Å². The Bertz CT molecular complexity index is 407. The fourth-order valence-corrected chi connectivity index (χ4v) is 0.939. The zero-order chi connectivity index (χ0) is 12.1. The minimum absolute atomic E-state index is 0.0495. The maximum Gasteiger partial charge on any atom is 0.270 e. The van der Waals surface area contributed by atoms with E-state index in [-0.39, 0.29) is 18.1 Å². The number of hydrogen-bond acceptors (Lipinski definition) is 3. The lowest BCUT2D eigenvalue weighted by Crippen LogP contribution is -2.36. The van der Waals surface area contributed by atoms with Gasteiger partial charge in [0, 0.05) is 14.1 Å². The van der Waals surface area contributed by atoms with Crippen molar-refractivity contribution in [1.29, 1.82) is 0 Å². The lowest BCUT2D eigenvalue weighted by atomic mass is 10.3. The van der Waals surface area contributed by atoms with E-state index in [2.05, 4.69) is 10.3 Å². The summed E-state index contributed by atoms with van der Waals surface area (Å²) >= 11 is 0. The topological polar surface area (TPSA) is 62.3 Å². The Balaban J connectivity index is 2.57. The van der Waals surface area contributed by atoms with Crippen LogP contribution in [0.25, 0.3) is 0 Å². The number of nitrogens with one attached hydrogen (secondary N) is 1. The van der Waals surface area contributed by atoms with Crippen LogP contribution in [-0.4, -0.2) is 42.3 Å². The first-order valence-electron chi connectivity index (χ1n) is 4.61. The van der Waals surface area contributed by atoms with Crippen molar-refractivity contribution in [3.8, 4) is 0 Å². The van der Waals surface area contributed by atoms with E-state index in [1.807, 2.05) is 0 Å². The van der Waals surface area contributed by atoms with Gasteiger partial charge in [-0.1, -0.05) is 6.07 Å². The van der Waals surface area contributed by atoms with Crippen LogP contribution in [0.3, 0.4) is 0 Å². The highest BCUT2D eigenvalue weighted by Gasteiger charge is 2.10. The molecule has 1 aromatic heterocycles. The van der Waals surface area contributed by atoms with E-state index in [1.54, 1.807) is 14.1 Å². The number of hydrogen-bond donors (Lipinski definition) is 1. The third-order valence-electron chi connectivity index (χ3n) is 1.85. The molecule has 0 spiro atoms. The van der Waals surface area contributed by atoms with Crippen molar-refractivity contribution in [2.45, 2.75) is 0 Å². The van der Waals surface area contributed by atoms with Crippen molar-refractivity contribution in [1.82, 2.24) is 15.2 Å². The van der Waals surface area contributed by atoms with Crippen molar-refractivity contribution >= 4 is 11.8 Å². The van der Waals surface area contributed by atoms with Gasteiger partial charge in [0.2, 0.25) is 11.9 Å². The first kappa shape index (κ1) is 12.1. The maximum absolute atomic E-state index is 12.7. The van der Waals surface area contributed by atoms with Gasteiger partial charge >= 0.3 is 0 Å². The first-order chi connectivity index (χ1) is 7.50. The average Bonchev–Trinajstić information content (AvgIpc) is 2.25. The van der Waals surface area contributed by atoms with Gasteiger partial charge in [-0.05, 0) is 12.1 Å². The molecule has 0 aliphatic rings. The summed E-state index contributed by atoms with van der Waals surface area (Å²) in [6, 6.07) is 3.89. The minimum atomic E-state index is -0.730. The van der Waals surface area contributed by atoms with Crippen LogP contribution in [0.2, 0.25) is 0 Å². The van der Waals surface area contributed by atoms with Crippen LogP contribution < -0.4 is 5.32 Å². The lowest BCUT2D eigenvalue weighted by molar-refractivity contribution is -0.127. The number of carbonyl (C=O) groups is 2. The highest BCUT2D eigenvalue weighted by atomic mass is 19.1. The van der Waals surface area contributed by atoms with Crippen LogP contribution in [0.15, 0.2) is 18.2 Å². The molecule has 0 atom stereocenters. The predicted octanol–water partition coefficient (Wildman–Crippen LogP) is 0.0387. The summed E-state index contributed by atoms with van der Waals surface area (Å²) in [6.07, 6.45) is 0. The maximum atomic E-state index is 12.7. The van der Waals surface area contributed by atoms with Gasteiger partial charge in [-0.2, -0.15) is 4.39 Å². The molecule has 1 N–H and O–H groups in total. The number of nitrogens with zero attached hydrogens (tertiary/aromatic N) is 2. The smallest absolute Gasteiger partial charge is 0.270 e. The van der Waals surface area contributed by atoms with Gasteiger partial charge in [0.05, 0.1) is 6.54 Å². The van der Waals surface area contributed by atoms with E-state index in [1.165, 1.54) is 17.0 Å². The first-order valence-corrected chi connectivity index (χ1v) is 4.61. The number of amides is 2. The van der Waals surface area contributed by atoms with Crippen molar-refractivity contribution in [3.63, 3.8) is 0 Å². The van der Waals surface area contributed by atoms with Crippen molar-refractivity contribution in [2.24, 2.45) is 0 Å². The molecule has 0 bridgehead atoms. The molecule has 0 aliphatic heterocycles. The van der Waals surface area contributed by atoms with Crippen LogP contribution in [0.1, 0.15) is 10.5 Å². The fourth-order valence-electron chi connectivity index (χ4n) is 0.939. The molecule has 2 amide bonds. The minimum Gasteiger partial charge on any atom is -0.347 e. The fraction of sp³-hybridized carbons (Fsp3) is 0.300. The summed E-state index contributed by atoms with van der Waals surface area (Å²) in [7, 11) is 3.16. The molecule has 0 unspecified atom stereocenters. The molecule has 5 nitrogen and oxygen atoms in total. The quantitative estimate of drug-likeness (QED) is 0.739. The number of aromatic nitrogens is 1. The molecule has 86 valence electrons. The lowest BCUT2D eigenvalue weighted by Gasteiger charge is -2.10. The van der Waals surface area contributed by atoms with Crippen molar-refractivity contribution in [2.75, 3.05) is 20.6 Å². The molecule has 0 aliphatic carbocycles. The molecule has 0 radical (unpaired) electrons. The van der Waals surface area contributed by atoms with Crippen molar-refractivity contribution in [3.05, 3.63) is 29.8 Å². The third kappa shape index (κ3) is 3.30. The van der Waals surface area contributed by atoms with E-state index in [9.17, 15) is 14.0 Å². The van der Waals surface area contributed by atoms with Gasteiger partial charge in [-0.3, -0.25) is 9.59 Å². The van der Waals surface area contributed by atoms with Gasteiger partial charge < -0.3 is 10.2 Å². The van der Waals surface area contributed by atoms with Gasteiger partial charge in [0.25, 0.3) is 5.91 Å². The predicted molar refractivity (Wildman–Crippen MR) is 55.2 cm³/mol. The second-order valence-corrected chi connectivity index (χ2v) is 3.32. The second-order valence-electron chi connectivity index (χ2n) is 3.32. The standard InChI is InChI=1S/C10H12FN3O2/c1-14(2)9(15)6-12-10(16)7-4-3-5-8(11)13-7/h3-5H,6H2,1-2H3,(H,12,16). The Morgan fingerprint density at radius 3 is 2.69 bits per heavy atom. The molecule has 6 heteroatoms. The molecule has 1 aromatic rings. The van der Waals surface area contributed by atoms with Gasteiger partial charge in [-0.15, -0.1) is 0 Å². The van der Waals surface area contributed by atoms with E-state index >= 15 is 0 Å². The van der Waals surface area contributed by atoms with Gasteiger partial charge in [-0.25, -0.2) is 4.98 Å². The number of rotatable bonds is 3.